The molecule has 15 heavy (non-hydrogen) atoms. The van der Waals surface area contributed by atoms with Gasteiger partial charge < -0.3 is 0 Å². The molecule has 0 saturated heterocycles. The first kappa shape index (κ1) is 12.2. The second-order valence-electron chi connectivity index (χ2n) is 3.44. The third-order valence-electron chi connectivity index (χ3n) is 2.08. The molecule has 0 saturated carbocycles. The highest BCUT2D eigenvalue weighted by Gasteiger charge is 2.04. The molecule has 0 nitrogen and oxygen atoms in total. The Morgan fingerprint density at radius 2 is 2.13 bits per heavy atom. The zero-order valence-electron chi connectivity index (χ0n) is 8.56. The summed E-state index contributed by atoms with van der Waals surface area (Å²) in [4.78, 5) is 0. The van der Waals surface area contributed by atoms with Crippen LogP contribution in [0.4, 0.5) is 8.78 Å². The third kappa shape index (κ3) is 4.00. The fourth-order valence-electron chi connectivity index (χ4n) is 1.35. The fourth-order valence-corrected chi connectivity index (χ4v) is 1.46. The summed E-state index contributed by atoms with van der Waals surface area (Å²) < 4.78 is 26.1. The van der Waals surface area contributed by atoms with Crippen LogP contribution in [0.15, 0.2) is 29.8 Å². The lowest BCUT2D eigenvalue weighted by atomic mass is 10.1. The zero-order valence-corrected chi connectivity index (χ0v) is 9.32. The van der Waals surface area contributed by atoms with Crippen LogP contribution in [-0.4, -0.2) is 5.88 Å². The number of hydrogen-bond donors (Lipinski definition) is 0. The number of benzene rings is 1. The monoisotopic (exact) mass is 230 g/mol. The van der Waals surface area contributed by atoms with Crippen molar-refractivity contribution >= 4 is 11.6 Å². The predicted octanol–water partition coefficient (Wildman–Crippen LogP) is 4.08. The molecule has 0 aliphatic rings. The highest BCUT2D eigenvalue weighted by Crippen LogP contribution is 2.14. The highest BCUT2D eigenvalue weighted by molar-refractivity contribution is 6.17. The summed E-state index contributed by atoms with van der Waals surface area (Å²) in [6.45, 7) is 1.89. The molecular weight excluding hydrogens is 218 g/mol. The molecule has 0 fully saturated rings. The van der Waals surface area contributed by atoms with E-state index in [-0.39, 0.29) is 5.82 Å². The Labute approximate surface area is 93.6 Å². The van der Waals surface area contributed by atoms with Gasteiger partial charge in [0.1, 0.15) is 11.6 Å². The van der Waals surface area contributed by atoms with E-state index in [4.69, 9.17) is 11.6 Å². The molecule has 1 rings (SSSR count). The van der Waals surface area contributed by atoms with Crippen LogP contribution in [0, 0.1) is 11.6 Å². The Balaban J connectivity index is 2.75. The SMILES string of the molecule is CC(=CCCCl)Cc1cc(F)ccc1F. The first-order valence-corrected chi connectivity index (χ1v) is 5.32. The van der Waals surface area contributed by atoms with Crippen molar-refractivity contribution < 1.29 is 8.78 Å². The van der Waals surface area contributed by atoms with Crippen LogP contribution >= 0.6 is 11.6 Å². The molecule has 0 atom stereocenters. The maximum atomic E-state index is 13.2. The third-order valence-corrected chi connectivity index (χ3v) is 2.30. The standard InChI is InChI=1S/C12H13ClF2/c1-9(3-2-6-13)7-10-8-11(14)4-5-12(10)15/h3-5,8H,2,6-7H2,1H3. The first-order chi connectivity index (χ1) is 7.13. The maximum Gasteiger partial charge on any atom is 0.126 e. The van der Waals surface area contributed by atoms with E-state index >= 15 is 0 Å². The lowest BCUT2D eigenvalue weighted by Gasteiger charge is -2.03. The van der Waals surface area contributed by atoms with Crippen molar-refractivity contribution in [3.8, 4) is 0 Å². The van der Waals surface area contributed by atoms with Gasteiger partial charge in [-0.05, 0) is 43.5 Å². The molecule has 1 aromatic rings. The van der Waals surface area contributed by atoms with Gasteiger partial charge in [-0.15, -0.1) is 11.6 Å². The van der Waals surface area contributed by atoms with Gasteiger partial charge in [-0.25, -0.2) is 8.78 Å². The van der Waals surface area contributed by atoms with E-state index in [0.717, 1.165) is 24.1 Å². The van der Waals surface area contributed by atoms with Gasteiger partial charge in [0, 0.05) is 5.88 Å². The van der Waals surface area contributed by atoms with Gasteiger partial charge in [0.05, 0.1) is 0 Å². The molecule has 3 heteroatoms. The van der Waals surface area contributed by atoms with Gasteiger partial charge in [-0.2, -0.15) is 0 Å². The van der Waals surface area contributed by atoms with Crippen LogP contribution in [0.2, 0.25) is 0 Å². The molecule has 0 radical (unpaired) electrons. The van der Waals surface area contributed by atoms with E-state index in [1.807, 2.05) is 13.0 Å². The number of allylic oxidation sites excluding steroid dienone is 2. The molecule has 82 valence electrons. The number of alkyl halides is 1. The molecule has 0 N–H and O–H groups in total. The summed E-state index contributed by atoms with van der Waals surface area (Å²) in [6, 6.07) is 3.50. The highest BCUT2D eigenvalue weighted by atomic mass is 35.5. The van der Waals surface area contributed by atoms with Gasteiger partial charge in [0.2, 0.25) is 0 Å². The van der Waals surface area contributed by atoms with E-state index < -0.39 is 5.82 Å². The Bertz CT molecular complexity index is 359. The van der Waals surface area contributed by atoms with Crippen LogP contribution in [0.1, 0.15) is 18.9 Å². The van der Waals surface area contributed by atoms with Gasteiger partial charge in [0.15, 0.2) is 0 Å². The molecular formula is C12H13ClF2. The molecule has 0 spiro atoms. The predicted molar refractivity (Wildman–Crippen MR) is 59.2 cm³/mol. The molecule has 0 amide bonds. The average molecular weight is 231 g/mol. The summed E-state index contributed by atoms with van der Waals surface area (Å²) in [5.74, 6) is -0.227. The Hall–Kier alpha value is -0.890. The topological polar surface area (TPSA) is 0 Å². The summed E-state index contributed by atoms with van der Waals surface area (Å²) in [5, 5.41) is 0. The van der Waals surface area contributed by atoms with Crippen molar-refractivity contribution in [1.29, 1.82) is 0 Å². The number of hydrogen-bond acceptors (Lipinski definition) is 0. The van der Waals surface area contributed by atoms with Crippen molar-refractivity contribution in [3.63, 3.8) is 0 Å². The second-order valence-corrected chi connectivity index (χ2v) is 3.82. The summed E-state index contributed by atoms with van der Waals surface area (Å²) in [6.07, 6.45) is 3.13. The minimum atomic E-state index is -0.406. The van der Waals surface area contributed by atoms with Crippen LogP contribution in [0.25, 0.3) is 0 Å². The molecule has 0 unspecified atom stereocenters. The lowest BCUT2D eigenvalue weighted by Crippen LogP contribution is -1.93. The van der Waals surface area contributed by atoms with Crippen molar-refractivity contribution in [1.82, 2.24) is 0 Å². The molecule has 0 bridgehead atoms. The van der Waals surface area contributed by atoms with E-state index in [0.29, 0.717) is 17.9 Å². The quantitative estimate of drug-likeness (QED) is 0.540. The van der Waals surface area contributed by atoms with Gasteiger partial charge in [-0.1, -0.05) is 11.6 Å². The lowest BCUT2D eigenvalue weighted by molar-refractivity contribution is 0.588. The molecule has 0 aliphatic heterocycles. The average Bonchev–Trinajstić information content (AvgIpc) is 2.20. The largest absolute Gasteiger partial charge is 0.207 e. The van der Waals surface area contributed by atoms with Crippen LogP contribution in [0.5, 0.6) is 0 Å². The normalized spacial score (nSPS) is 11.9. The van der Waals surface area contributed by atoms with Crippen molar-refractivity contribution in [2.45, 2.75) is 19.8 Å². The van der Waals surface area contributed by atoms with Crippen molar-refractivity contribution in [2.75, 3.05) is 5.88 Å². The van der Waals surface area contributed by atoms with Gasteiger partial charge in [0.25, 0.3) is 0 Å². The molecule has 0 aromatic heterocycles. The Morgan fingerprint density at radius 1 is 1.40 bits per heavy atom. The number of rotatable bonds is 4. The smallest absolute Gasteiger partial charge is 0.126 e. The molecule has 0 heterocycles. The van der Waals surface area contributed by atoms with Gasteiger partial charge in [-0.3, -0.25) is 0 Å². The van der Waals surface area contributed by atoms with Crippen molar-refractivity contribution in [2.24, 2.45) is 0 Å². The van der Waals surface area contributed by atoms with Crippen molar-refractivity contribution in [3.05, 3.63) is 47.0 Å². The van der Waals surface area contributed by atoms with E-state index in [2.05, 4.69) is 0 Å². The minimum Gasteiger partial charge on any atom is -0.207 e. The maximum absolute atomic E-state index is 13.2. The van der Waals surface area contributed by atoms with Crippen LogP contribution < -0.4 is 0 Å². The Kier molecular flexibility index (Phi) is 4.76. The summed E-state index contributed by atoms with van der Waals surface area (Å²) >= 11 is 5.53. The fraction of sp³-hybridized carbons (Fsp3) is 0.333. The summed E-state index contributed by atoms with van der Waals surface area (Å²) in [5.41, 5.74) is 1.39. The zero-order chi connectivity index (χ0) is 11.3. The summed E-state index contributed by atoms with van der Waals surface area (Å²) in [7, 11) is 0. The van der Waals surface area contributed by atoms with Gasteiger partial charge >= 0.3 is 0 Å². The molecule has 0 aliphatic carbocycles. The number of halogens is 3. The Morgan fingerprint density at radius 3 is 2.80 bits per heavy atom. The van der Waals surface area contributed by atoms with E-state index in [9.17, 15) is 8.78 Å². The minimum absolute atomic E-state index is 0.366. The first-order valence-electron chi connectivity index (χ1n) is 4.79. The van der Waals surface area contributed by atoms with Crippen LogP contribution in [0.3, 0.4) is 0 Å². The van der Waals surface area contributed by atoms with Crippen LogP contribution in [-0.2, 0) is 6.42 Å². The van der Waals surface area contributed by atoms with E-state index in [1.54, 1.807) is 0 Å². The molecule has 1 aromatic carbocycles. The second kappa shape index (κ2) is 5.86. The van der Waals surface area contributed by atoms with E-state index in [1.165, 1.54) is 6.07 Å².